The van der Waals surface area contributed by atoms with Crippen LogP contribution in [0.2, 0.25) is 5.02 Å². The van der Waals surface area contributed by atoms with E-state index in [0.717, 1.165) is 66.3 Å². The lowest BCUT2D eigenvalue weighted by molar-refractivity contribution is -0.143. The van der Waals surface area contributed by atoms with Crippen LogP contribution in [0.3, 0.4) is 0 Å². The van der Waals surface area contributed by atoms with E-state index in [4.69, 9.17) is 16.3 Å². The van der Waals surface area contributed by atoms with Crippen molar-refractivity contribution >= 4 is 75.8 Å². The van der Waals surface area contributed by atoms with Gasteiger partial charge in [0.05, 0.1) is 41.2 Å². The molecule has 2 unspecified atom stereocenters. The largest absolute Gasteiger partial charge is 0.495 e. The first-order chi connectivity index (χ1) is 33.0. The summed E-state index contributed by atoms with van der Waals surface area (Å²) in [5, 5.41) is 23.0. The minimum absolute atomic E-state index is 0.0551. The number of methoxy groups -OCH3 is 1. The van der Waals surface area contributed by atoms with Crippen molar-refractivity contribution in [3.8, 4) is 16.2 Å². The number of thioether (sulfide) groups is 1. The zero-order valence-electron chi connectivity index (χ0n) is 39.7. The second-order valence-corrected chi connectivity index (χ2v) is 22.1. The molecule has 4 heterocycles. The van der Waals surface area contributed by atoms with E-state index in [1.54, 1.807) is 55.5 Å². The first kappa shape index (κ1) is 50.3. The summed E-state index contributed by atoms with van der Waals surface area (Å²) in [6.07, 6.45) is 3.91. The summed E-state index contributed by atoms with van der Waals surface area (Å²) in [5.41, 5.74) is 3.81. The van der Waals surface area contributed by atoms with Crippen LogP contribution in [0.5, 0.6) is 5.75 Å². The zero-order valence-corrected chi connectivity index (χ0v) is 42.1. The molecule has 2 aromatic heterocycles. The molecule has 20 heteroatoms. The summed E-state index contributed by atoms with van der Waals surface area (Å²) in [6.45, 7) is 9.56. The van der Waals surface area contributed by atoms with Crippen LogP contribution in [0.25, 0.3) is 10.4 Å². The standard InChI is InChI=1S/C49H62ClFN10O6S2/c1-29-40(68-28-55-29)33-10-8-30(9-11-33)23-53-43(63)38-22-35(62)26-61(38)45(65)41(57-46(66)49(51)14-15-49)48(2,3)69-27-32-7-6-31(20-32)25-59-16-18-60(19-17-59)44(64)34-12-13-37(39(21-34)67-5)56-47-54-24-36(50)42(52-4)58-47/h8-13,21,24,28,31-32,35,38,41,62H,6-7,14-20,22-23,25-27H2,1-5H3,(H,53,63)(H,57,66)(H2,52,54,56,58)/t31?,32-,35+,38-,41?/m0/s1. The van der Waals surface area contributed by atoms with Crippen molar-refractivity contribution in [3.05, 3.63) is 76.0 Å². The lowest BCUT2D eigenvalue weighted by Crippen LogP contribution is -2.61. The Kier molecular flexibility index (Phi) is 15.7. The van der Waals surface area contributed by atoms with E-state index in [1.165, 1.54) is 11.1 Å². The van der Waals surface area contributed by atoms with Crippen LogP contribution in [0.15, 0.2) is 54.2 Å². The molecule has 0 radical (unpaired) electrons. The number of aryl methyl sites for hydroxylation is 1. The van der Waals surface area contributed by atoms with Gasteiger partial charge in [-0.25, -0.2) is 14.4 Å². The number of aliphatic hydroxyl groups is 1. The minimum Gasteiger partial charge on any atom is -0.495 e. The molecule has 2 aliphatic heterocycles. The number of aliphatic hydroxyl groups excluding tert-OH is 1. The van der Waals surface area contributed by atoms with Gasteiger partial charge in [-0.3, -0.25) is 24.1 Å². The molecule has 2 aromatic carbocycles. The van der Waals surface area contributed by atoms with Gasteiger partial charge in [0, 0.05) is 69.6 Å². The Morgan fingerprint density at radius 2 is 1.78 bits per heavy atom. The Bertz CT molecular complexity index is 2500. The first-order valence-corrected chi connectivity index (χ1v) is 25.8. The monoisotopic (exact) mass is 1000 g/mol. The molecule has 5 atom stereocenters. The number of piperazine rings is 1. The van der Waals surface area contributed by atoms with Gasteiger partial charge in [-0.1, -0.05) is 35.9 Å². The molecule has 4 fully saturated rings. The Morgan fingerprint density at radius 3 is 2.46 bits per heavy atom. The van der Waals surface area contributed by atoms with E-state index in [9.17, 15) is 24.3 Å². The third-order valence-electron chi connectivity index (χ3n) is 13.8. The highest BCUT2D eigenvalue weighted by molar-refractivity contribution is 8.00. The summed E-state index contributed by atoms with van der Waals surface area (Å²) in [5.74, 6) is 1.10. The first-order valence-electron chi connectivity index (χ1n) is 23.6. The molecule has 0 spiro atoms. The van der Waals surface area contributed by atoms with Crippen molar-refractivity contribution in [2.75, 3.05) is 69.8 Å². The predicted octanol–water partition coefficient (Wildman–Crippen LogP) is 6.31. The van der Waals surface area contributed by atoms with Gasteiger partial charge in [0.1, 0.15) is 28.7 Å². The number of halogens is 2. The van der Waals surface area contributed by atoms with Gasteiger partial charge in [-0.15, -0.1) is 11.3 Å². The van der Waals surface area contributed by atoms with E-state index in [2.05, 4.69) is 41.1 Å². The molecule has 4 amide bonds. The number of carbonyl (C=O) groups is 4. The molecule has 69 heavy (non-hydrogen) atoms. The molecule has 2 saturated heterocycles. The molecule has 0 bridgehead atoms. The second kappa shape index (κ2) is 21.5. The molecule has 4 aliphatic rings. The zero-order chi connectivity index (χ0) is 49.0. The van der Waals surface area contributed by atoms with Crippen molar-refractivity contribution in [2.45, 2.75) is 94.4 Å². The molecule has 8 rings (SSSR count). The van der Waals surface area contributed by atoms with Crippen LogP contribution < -0.4 is 26.0 Å². The van der Waals surface area contributed by atoms with Crippen LogP contribution in [0.1, 0.15) is 74.0 Å². The van der Waals surface area contributed by atoms with Gasteiger partial charge >= 0.3 is 0 Å². The Labute approximate surface area is 415 Å². The molecule has 4 aromatic rings. The summed E-state index contributed by atoms with van der Waals surface area (Å²) in [4.78, 5) is 74.9. The van der Waals surface area contributed by atoms with Gasteiger partial charge in [0.15, 0.2) is 5.67 Å². The summed E-state index contributed by atoms with van der Waals surface area (Å²) in [6, 6.07) is 11.0. The van der Waals surface area contributed by atoms with E-state index >= 15 is 4.39 Å². The molecule has 2 aliphatic carbocycles. The average Bonchev–Trinajstić information content (AvgIpc) is 3.61. The smallest absolute Gasteiger partial charge is 0.258 e. The fourth-order valence-corrected chi connectivity index (χ4v) is 11.8. The minimum atomic E-state index is -2.00. The number of hydrogen-bond donors (Lipinski definition) is 5. The van der Waals surface area contributed by atoms with Crippen LogP contribution >= 0.6 is 34.7 Å². The fourth-order valence-electron chi connectivity index (χ4n) is 9.51. The highest BCUT2D eigenvalue weighted by Crippen LogP contribution is 2.42. The van der Waals surface area contributed by atoms with Crippen molar-refractivity contribution in [3.63, 3.8) is 0 Å². The fraction of sp³-hybridized carbons (Fsp3) is 0.531. The number of hydrogen-bond acceptors (Lipinski definition) is 14. The maximum atomic E-state index is 15.2. The van der Waals surface area contributed by atoms with Gasteiger partial charge in [-0.2, -0.15) is 16.7 Å². The third-order valence-corrected chi connectivity index (χ3v) is 16.7. The van der Waals surface area contributed by atoms with Gasteiger partial charge < -0.3 is 40.9 Å². The number of amides is 4. The SMILES string of the molecule is CNc1nc(Nc2ccc(C(=O)N3CCN(CC4CC[C@H](CSC(C)(C)C(NC(=O)C5(F)CC5)C(=O)N5C[C@H](O)C[C@H]5C(=O)NCc5ccc(-c6scnc6C)cc5)C4)CC3)cc2OC)ncc1Cl. The molecular weight excluding hydrogens is 943 g/mol. The number of β-amino-alcohol motifs (C(OH)–C–C–N with tert-alkyl or cyclic N) is 1. The number of likely N-dealkylation sites (tertiary alicyclic amines) is 1. The average molecular weight is 1010 g/mol. The topological polar surface area (TPSA) is 194 Å². The second-order valence-electron chi connectivity index (χ2n) is 19.2. The Hall–Kier alpha value is -5.08. The number of thiazole rings is 1. The number of nitrogens with zero attached hydrogens (tertiary/aromatic N) is 6. The van der Waals surface area contributed by atoms with Crippen molar-refractivity contribution in [1.82, 2.24) is 40.3 Å². The van der Waals surface area contributed by atoms with Crippen LogP contribution in [-0.2, 0) is 20.9 Å². The van der Waals surface area contributed by atoms with Crippen LogP contribution in [0.4, 0.5) is 21.8 Å². The number of rotatable bonds is 18. The van der Waals surface area contributed by atoms with Crippen molar-refractivity contribution in [2.24, 2.45) is 11.8 Å². The van der Waals surface area contributed by atoms with Gasteiger partial charge in [0.2, 0.25) is 17.8 Å². The van der Waals surface area contributed by atoms with Crippen LogP contribution in [0, 0.1) is 18.8 Å². The number of carbonyl (C=O) groups excluding carboxylic acids is 4. The molecule has 2 saturated carbocycles. The van der Waals surface area contributed by atoms with E-state index in [0.29, 0.717) is 58.7 Å². The molecular formula is C49H62ClFN10O6S2. The van der Waals surface area contributed by atoms with Crippen molar-refractivity contribution < 1.29 is 33.4 Å². The third kappa shape index (κ3) is 11.9. The van der Waals surface area contributed by atoms with E-state index < -0.39 is 46.3 Å². The Balaban J connectivity index is 0.825. The summed E-state index contributed by atoms with van der Waals surface area (Å²) in [7, 11) is 3.27. The summed E-state index contributed by atoms with van der Waals surface area (Å²) >= 11 is 9.29. The number of benzene rings is 2. The summed E-state index contributed by atoms with van der Waals surface area (Å²) < 4.78 is 19.9. The maximum absolute atomic E-state index is 15.2. The number of aromatic nitrogens is 3. The molecule has 5 N–H and O–H groups in total. The van der Waals surface area contributed by atoms with Gasteiger partial charge in [0.25, 0.3) is 11.8 Å². The number of alkyl halides is 1. The van der Waals surface area contributed by atoms with E-state index in [-0.39, 0.29) is 38.3 Å². The predicted molar refractivity (Wildman–Crippen MR) is 268 cm³/mol. The van der Waals surface area contributed by atoms with Gasteiger partial charge in [-0.05, 0) is 99.8 Å². The number of nitrogens with one attached hydrogen (secondary N) is 4. The number of anilines is 3. The Morgan fingerprint density at radius 1 is 1.04 bits per heavy atom. The number of ether oxygens (including phenoxy) is 1. The lowest BCUT2D eigenvalue weighted by atomic mass is 10.00. The molecule has 16 nitrogen and oxygen atoms in total. The highest BCUT2D eigenvalue weighted by Gasteiger charge is 2.54. The normalized spacial score (nSPS) is 21.7. The molecule has 370 valence electrons. The maximum Gasteiger partial charge on any atom is 0.258 e. The van der Waals surface area contributed by atoms with E-state index in [1.807, 2.05) is 55.4 Å². The highest BCUT2D eigenvalue weighted by atomic mass is 35.5. The van der Waals surface area contributed by atoms with Crippen LogP contribution in [-0.4, -0.2) is 146 Å². The van der Waals surface area contributed by atoms with Crippen molar-refractivity contribution in [1.29, 1.82) is 0 Å². The lowest BCUT2D eigenvalue weighted by Gasteiger charge is -2.38. The quantitative estimate of drug-likeness (QED) is 0.0746.